The van der Waals surface area contributed by atoms with Gasteiger partial charge in [-0.3, -0.25) is 0 Å². The molecule has 1 aromatic rings. The quantitative estimate of drug-likeness (QED) is 0.587. The van der Waals surface area contributed by atoms with Crippen LogP contribution < -0.4 is 4.74 Å². The number of ether oxygens (including phenoxy) is 7. The van der Waals surface area contributed by atoms with E-state index in [-0.39, 0.29) is 38.0 Å². The van der Waals surface area contributed by atoms with Crippen LogP contribution in [0, 0.1) is 0 Å². The minimum atomic E-state index is -0.508. The lowest BCUT2D eigenvalue weighted by atomic mass is 9.96. The van der Waals surface area contributed by atoms with Crippen molar-refractivity contribution in [2.24, 2.45) is 0 Å². The molecule has 3 rings (SSSR count). The number of halogens is 1. The minimum Gasteiger partial charge on any atom is -0.497 e. The maximum Gasteiger partial charge on any atom is 0.185 e. The van der Waals surface area contributed by atoms with Crippen molar-refractivity contribution in [3.05, 3.63) is 40.4 Å². The van der Waals surface area contributed by atoms with Gasteiger partial charge in [-0.1, -0.05) is 28.1 Å². The summed E-state index contributed by atoms with van der Waals surface area (Å²) in [7, 11) is 4.78. The van der Waals surface area contributed by atoms with Gasteiger partial charge >= 0.3 is 0 Å². The molecule has 1 aliphatic heterocycles. The second kappa shape index (κ2) is 9.27. The predicted octanol–water partition coefficient (Wildman–Crippen LogP) is 2.75. The second-order valence-corrected chi connectivity index (χ2v) is 6.81. The van der Waals surface area contributed by atoms with E-state index in [0.717, 1.165) is 15.8 Å². The van der Waals surface area contributed by atoms with Crippen molar-refractivity contribution in [2.45, 2.75) is 30.7 Å². The predicted molar refractivity (Wildman–Crippen MR) is 96.0 cm³/mol. The van der Waals surface area contributed by atoms with Crippen molar-refractivity contribution in [2.75, 3.05) is 34.9 Å². The summed E-state index contributed by atoms with van der Waals surface area (Å²) >= 11 is 3.57. The first kappa shape index (κ1) is 19.8. The standard InChI is InChI=1S/C18H23BrO7/c1-20-9-23-14-8-13(19)15-17(16(14)24-10-21-2)26-18(25-15)11-4-6-12(22-3)7-5-11/h4-8,14-18H,9-10H2,1-3H3/t14-,15-,16-,17-,18-/m1/s1. The van der Waals surface area contributed by atoms with Crippen LogP contribution in [0.1, 0.15) is 11.9 Å². The molecule has 1 aliphatic carbocycles. The smallest absolute Gasteiger partial charge is 0.185 e. The second-order valence-electron chi connectivity index (χ2n) is 5.89. The van der Waals surface area contributed by atoms with Crippen molar-refractivity contribution < 1.29 is 33.2 Å². The molecule has 0 radical (unpaired) electrons. The Morgan fingerprint density at radius 3 is 2.31 bits per heavy atom. The third kappa shape index (κ3) is 4.28. The van der Waals surface area contributed by atoms with E-state index in [4.69, 9.17) is 33.2 Å². The SMILES string of the molecule is COCO[C@H]1[C@@H]2O[C@H](c3ccc(OC)cc3)O[C@@H]2C(Br)=C[C@H]1OCOC. The van der Waals surface area contributed by atoms with Gasteiger partial charge in [-0.25, -0.2) is 0 Å². The van der Waals surface area contributed by atoms with Gasteiger partial charge in [0.25, 0.3) is 0 Å². The number of fused-ring (bicyclic) bond motifs is 1. The van der Waals surface area contributed by atoms with Gasteiger partial charge in [-0.2, -0.15) is 0 Å². The van der Waals surface area contributed by atoms with Gasteiger partial charge in [0.1, 0.15) is 43.8 Å². The highest BCUT2D eigenvalue weighted by molar-refractivity contribution is 9.11. The lowest BCUT2D eigenvalue weighted by molar-refractivity contribution is -0.183. The molecule has 0 unspecified atom stereocenters. The van der Waals surface area contributed by atoms with Gasteiger partial charge in [-0.05, 0) is 18.2 Å². The van der Waals surface area contributed by atoms with Crippen LogP contribution in [0.15, 0.2) is 34.8 Å². The number of rotatable bonds is 8. The maximum absolute atomic E-state index is 6.18. The van der Waals surface area contributed by atoms with Crippen LogP contribution in [0.4, 0.5) is 0 Å². The molecule has 144 valence electrons. The summed E-state index contributed by atoms with van der Waals surface area (Å²) in [5, 5.41) is 0. The molecule has 0 bridgehead atoms. The molecular formula is C18H23BrO7. The van der Waals surface area contributed by atoms with E-state index in [1.54, 1.807) is 21.3 Å². The number of hydrogen-bond donors (Lipinski definition) is 0. The van der Waals surface area contributed by atoms with Gasteiger partial charge in [0.05, 0.1) is 7.11 Å². The molecule has 0 amide bonds. The highest BCUT2D eigenvalue weighted by Crippen LogP contribution is 2.42. The highest BCUT2D eigenvalue weighted by atomic mass is 79.9. The van der Waals surface area contributed by atoms with Gasteiger partial charge in [0.15, 0.2) is 6.29 Å². The molecule has 1 saturated heterocycles. The first-order valence-corrected chi connectivity index (χ1v) is 9.00. The molecule has 5 atom stereocenters. The Labute approximate surface area is 161 Å². The Balaban J connectivity index is 1.78. The zero-order valence-corrected chi connectivity index (χ0v) is 16.5. The normalized spacial score (nSPS) is 30.8. The monoisotopic (exact) mass is 430 g/mol. The Morgan fingerprint density at radius 1 is 0.962 bits per heavy atom. The topological polar surface area (TPSA) is 64.6 Å². The minimum absolute atomic E-state index is 0.128. The molecule has 2 aliphatic rings. The van der Waals surface area contributed by atoms with E-state index in [2.05, 4.69) is 15.9 Å². The van der Waals surface area contributed by atoms with Gasteiger partial charge in [-0.15, -0.1) is 0 Å². The fourth-order valence-corrected chi connectivity index (χ4v) is 3.63. The average Bonchev–Trinajstić information content (AvgIpc) is 3.12. The zero-order chi connectivity index (χ0) is 18.5. The Bertz CT molecular complexity index is 606. The number of benzene rings is 1. The summed E-state index contributed by atoms with van der Waals surface area (Å²) in [5.74, 6) is 0.777. The summed E-state index contributed by atoms with van der Waals surface area (Å²) in [5.41, 5.74) is 0.903. The molecule has 0 spiro atoms. The van der Waals surface area contributed by atoms with Gasteiger partial charge in [0.2, 0.25) is 0 Å². The molecule has 7 nitrogen and oxygen atoms in total. The lowest BCUT2D eigenvalue weighted by Crippen LogP contribution is -2.49. The van der Waals surface area contributed by atoms with E-state index in [1.807, 2.05) is 30.3 Å². The molecule has 26 heavy (non-hydrogen) atoms. The molecule has 8 heteroatoms. The van der Waals surface area contributed by atoms with Crippen LogP contribution in [0.2, 0.25) is 0 Å². The summed E-state index contributed by atoms with van der Waals surface area (Å²) in [6.07, 6.45) is 0.0374. The summed E-state index contributed by atoms with van der Waals surface area (Å²) < 4.78 is 40.0. The molecule has 1 fully saturated rings. The van der Waals surface area contributed by atoms with Gasteiger partial charge < -0.3 is 33.2 Å². The fraction of sp³-hybridized carbons (Fsp3) is 0.556. The first-order valence-electron chi connectivity index (χ1n) is 8.21. The Hall–Kier alpha value is -1.00. The van der Waals surface area contributed by atoms with Gasteiger partial charge in [0, 0.05) is 24.3 Å². The number of methoxy groups -OCH3 is 3. The molecular weight excluding hydrogens is 408 g/mol. The van der Waals surface area contributed by atoms with E-state index >= 15 is 0 Å². The third-order valence-electron chi connectivity index (χ3n) is 4.24. The molecule has 0 saturated carbocycles. The van der Waals surface area contributed by atoms with Crippen LogP contribution in [0.3, 0.4) is 0 Å². The van der Waals surface area contributed by atoms with Crippen molar-refractivity contribution in [1.82, 2.24) is 0 Å². The van der Waals surface area contributed by atoms with E-state index in [0.29, 0.717) is 0 Å². The van der Waals surface area contributed by atoms with Crippen molar-refractivity contribution in [3.63, 3.8) is 0 Å². The first-order chi connectivity index (χ1) is 12.7. The Kier molecular flexibility index (Phi) is 7.05. The van der Waals surface area contributed by atoms with Crippen molar-refractivity contribution in [1.29, 1.82) is 0 Å². The maximum atomic E-state index is 6.18. The van der Waals surface area contributed by atoms with E-state index in [9.17, 15) is 0 Å². The van der Waals surface area contributed by atoms with Crippen LogP contribution in [0.5, 0.6) is 5.75 Å². The van der Waals surface area contributed by atoms with Crippen LogP contribution in [0.25, 0.3) is 0 Å². The Morgan fingerprint density at radius 2 is 1.65 bits per heavy atom. The zero-order valence-electron chi connectivity index (χ0n) is 14.9. The molecule has 1 aromatic carbocycles. The third-order valence-corrected chi connectivity index (χ3v) is 4.95. The van der Waals surface area contributed by atoms with Crippen LogP contribution >= 0.6 is 15.9 Å². The van der Waals surface area contributed by atoms with Crippen molar-refractivity contribution >= 4 is 15.9 Å². The van der Waals surface area contributed by atoms with E-state index in [1.165, 1.54) is 0 Å². The fourth-order valence-electron chi connectivity index (χ4n) is 3.01. The summed E-state index contributed by atoms with van der Waals surface area (Å²) in [4.78, 5) is 0. The van der Waals surface area contributed by atoms with E-state index < -0.39 is 6.29 Å². The van der Waals surface area contributed by atoms with Crippen molar-refractivity contribution in [3.8, 4) is 5.75 Å². The number of hydrogen-bond acceptors (Lipinski definition) is 7. The average molecular weight is 431 g/mol. The molecule has 0 N–H and O–H groups in total. The van der Waals surface area contributed by atoms with Crippen LogP contribution in [-0.4, -0.2) is 59.3 Å². The molecule has 0 aromatic heterocycles. The molecule has 1 heterocycles. The highest BCUT2D eigenvalue weighted by Gasteiger charge is 2.49. The summed E-state index contributed by atoms with van der Waals surface area (Å²) in [6, 6.07) is 7.58. The lowest BCUT2D eigenvalue weighted by Gasteiger charge is -2.35. The van der Waals surface area contributed by atoms with Crippen LogP contribution in [-0.2, 0) is 28.4 Å². The largest absolute Gasteiger partial charge is 0.497 e. The summed E-state index contributed by atoms with van der Waals surface area (Å²) in [6.45, 7) is 0.275.